The molecule has 0 aromatic heterocycles. The maximum absolute atomic E-state index is 12.2. The maximum Gasteiger partial charge on any atom is 0.273 e. The molecule has 1 atom stereocenters. The first-order chi connectivity index (χ1) is 11.4. The number of sulfonamides is 1. The molecule has 0 aliphatic carbocycles. The third-order valence-corrected chi connectivity index (χ3v) is 5.23. The standard InChI is InChI=1S/C15H22N2O6S/c1-12-5-6-14(10-15(12)17(18)19)24(20,21)16-7-3-8-22-11-13-4-2-9-23-13/h5-6,10,13,16H,2-4,7-9,11H2,1H3. The van der Waals surface area contributed by atoms with Crippen molar-refractivity contribution in [3.8, 4) is 0 Å². The Kier molecular flexibility index (Phi) is 6.67. The molecule has 1 saturated heterocycles. The largest absolute Gasteiger partial charge is 0.379 e. The van der Waals surface area contributed by atoms with E-state index in [-0.39, 0.29) is 23.2 Å². The molecule has 8 nitrogen and oxygen atoms in total. The Balaban J connectivity index is 1.78. The zero-order valence-electron chi connectivity index (χ0n) is 13.6. The Labute approximate surface area is 141 Å². The van der Waals surface area contributed by atoms with Gasteiger partial charge < -0.3 is 9.47 Å². The van der Waals surface area contributed by atoms with Crippen molar-refractivity contribution in [3.63, 3.8) is 0 Å². The Morgan fingerprint density at radius 3 is 2.92 bits per heavy atom. The molecule has 1 N–H and O–H groups in total. The summed E-state index contributed by atoms with van der Waals surface area (Å²) in [6.45, 7) is 3.49. The zero-order chi connectivity index (χ0) is 17.6. The van der Waals surface area contributed by atoms with E-state index in [1.54, 1.807) is 6.92 Å². The maximum atomic E-state index is 12.2. The highest BCUT2D eigenvalue weighted by molar-refractivity contribution is 7.89. The van der Waals surface area contributed by atoms with Crippen molar-refractivity contribution >= 4 is 15.7 Å². The first kappa shape index (κ1) is 18.8. The van der Waals surface area contributed by atoms with Crippen molar-refractivity contribution in [2.75, 3.05) is 26.4 Å². The number of nitro groups is 1. The fourth-order valence-electron chi connectivity index (χ4n) is 2.41. The minimum absolute atomic E-state index is 0.111. The molecule has 9 heteroatoms. The van der Waals surface area contributed by atoms with E-state index >= 15 is 0 Å². The second-order valence-corrected chi connectivity index (χ2v) is 7.43. The molecule has 1 fully saturated rings. The molecule has 0 saturated carbocycles. The van der Waals surface area contributed by atoms with Gasteiger partial charge in [-0.1, -0.05) is 6.07 Å². The number of ether oxygens (including phenoxy) is 2. The van der Waals surface area contributed by atoms with Crippen LogP contribution in [0.2, 0.25) is 0 Å². The molecule has 1 unspecified atom stereocenters. The average Bonchev–Trinajstić information content (AvgIpc) is 3.04. The summed E-state index contributed by atoms with van der Waals surface area (Å²) in [7, 11) is -3.77. The summed E-state index contributed by atoms with van der Waals surface area (Å²) in [4.78, 5) is 10.2. The first-order valence-electron chi connectivity index (χ1n) is 7.84. The van der Waals surface area contributed by atoms with Gasteiger partial charge in [-0.2, -0.15) is 0 Å². The Morgan fingerprint density at radius 1 is 1.46 bits per heavy atom. The van der Waals surface area contributed by atoms with Gasteiger partial charge in [0.05, 0.1) is 22.5 Å². The zero-order valence-corrected chi connectivity index (χ0v) is 14.4. The fraction of sp³-hybridized carbons (Fsp3) is 0.600. The van der Waals surface area contributed by atoms with Crippen LogP contribution in [0.15, 0.2) is 23.1 Å². The monoisotopic (exact) mass is 358 g/mol. The molecule has 0 spiro atoms. The molecule has 1 aromatic rings. The predicted octanol–water partition coefficient (Wildman–Crippen LogP) is 1.77. The lowest BCUT2D eigenvalue weighted by atomic mass is 10.2. The second kappa shape index (κ2) is 8.52. The molecular weight excluding hydrogens is 336 g/mol. The van der Waals surface area contributed by atoms with Crippen LogP contribution in [0.3, 0.4) is 0 Å². The molecule has 2 rings (SSSR count). The van der Waals surface area contributed by atoms with Crippen molar-refractivity contribution < 1.29 is 22.8 Å². The van der Waals surface area contributed by atoms with E-state index in [0.29, 0.717) is 25.2 Å². The molecule has 0 amide bonds. The lowest BCUT2D eigenvalue weighted by Crippen LogP contribution is -2.26. The number of benzene rings is 1. The minimum atomic E-state index is -3.77. The topological polar surface area (TPSA) is 108 Å². The summed E-state index contributed by atoms with van der Waals surface area (Å²) >= 11 is 0. The fourth-order valence-corrected chi connectivity index (χ4v) is 3.50. The molecule has 1 aliphatic rings. The lowest BCUT2D eigenvalue weighted by Gasteiger charge is -2.10. The number of nitro benzene ring substituents is 1. The van der Waals surface area contributed by atoms with Crippen LogP contribution >= 0.6 is 0 Å². The predicted molar refractivity (Wildman–Crippen MR) is 87.4 cm³/mol. The van der Waals surface area contributed by atoms with Gasteiger partial charge in [0.2, 0.25) is 10.0 Å². The third kappa shape index (κ3) is 5.23. The van der Waals surface area contributed by atoms with Gasteiger partial charge in [-0.25, -0.2) is 13.1 Å². The van der Waals surface area contributed by atoms with Crippen LogP contribution in [-0.2, 0) is 19.5 Å². The third-order valence-electron chi connectivity index (χ3n) is 3.77. The summed E-state index contributed by atoms with van der Waals surface area (Å²) in [6, 6.07) is 3.86. The van der Waals surface area contributed by atoms with E-state index in [0.717, 1.165) is 25.5 Å². The highest BCUT2D eigenvalue weighted by Crippen LogP contribution is 2.22. The van der Waals surface area contributed by atoms with Crippen molar-refractivity contribution in [2.24, 2.45) is 0 Å². The van der Waals surface area contributed by atoms with Crippen molar-refractivity contribution in [1.82, 2.24) is 4.72 Å². The molecule has 1 heterocycles. The number of hydrogen-bond donors (Lipinski definition) is 1. The van der Waals surface area contributed by atoms with Crippen LogP contribution in [0.5, 0.6) is 0 Å². The van der Waals surface area contributed by atoms with E-state index in [4.69, 9.17) is 9.47 Å². The number of nitrogens with one attached hydrogen (secondary N) is 1. The van der Waals surface area contributed by atoms with Crippen molar-refractivity contribution in [3.05, 3.63) is 33.9 Å². The molecule has 1 aromatic carbocycles. The SMILES string of the molecule is Cc1ccc(S(=O)(=O)NCCCOCC2CCCO2)cc1[N+](=O)[O-]. The summed E-state index contributed by atoms with van der Waals surface area (Å²) in [5.74, 6) is 0. The second-order valence-electron chi connectivity index (χ2n) is 5.67. The van der Waals surface area contributed by atoms with Gasteiger partial charge in [-0.3, -0.25) is 10.1 Å². The Bertz CT molecular complexity index is 671. The van der Waals surface area contributed by atoms with E-state index in [1.165, 1.54) is 12.1 Å². The highest BCUT2D eigenvalue weighted by Gasteiger charge is 2.19. The summed E-state index contributed by atoms with van der Waals surface area (Å²) in [5.41, 5.74) is 0.208. The van der Waals surface area contributed by atoms with E-state index in [2.05, 4.69) is 4.72 Å². The van der Waals surface area contributed by atoms with Crippen LogP contribution in [0.4, 0.5) is 5.69 Å². The van der Waals surface area contributed by atoms with E-state index < -0.39 is 14.9 Å². The van der Waals surface area contributed by atoms with E-state index in [1.807, 2.05) is 0 Å². The van der Waals surface area contributed by atoms with Crippen molar-refractivity contribution in [1.29, 1.82) is 0 Å². The van der Waals surface area contributed by atoms with Crippen LogP contribution in [0, 0.1) is 17.0 Å². The smallest absolute Gasteiger partial charge is 0.273 e. The normalized spacial score (nSPS) is 18.0. The summed E-state index contributed by atoms with van der Waals surface area (Å²) < 4.78 is 37.6. The number of hydrogen-bond acceptors (Lipinski definition) is 6. The molecule has 1 aliphatic heterocycles. The minimum Gasteiger partial charge on any atom is -0.379 e. The number of aryl methyl sites for hydroxylation is 1. The van der Waals surface area contributed by atoms with Gasteiger partial charge in [-0.05, 0) is 32.3 Å². The van der Waals surface area contributed by atoms with Gasteiger partial charge >= 0.3 is 0 Å². The summed E-state index contributed by atoms with van der Waals surface area (Å²) in [5, 5.41) is 10.9. The van der Waals surface area contributed by atoms with Gasteiger partial charge in [-0.15, -0.1) is 0 Å². The Morgan fingerprint density at radius 2 is 2.25 bits per heavy atom. The summed E-state index contributed by atoms with van der Waals surface area (Å²) in [6.07, 6.45) is 2.71. The highest BCUT2D eigenvalue weighted by atomic mass is 32.2. The first-order valence-corrected chi connectivity index (χ1v) is 9.32. The molecule has 0 radical (unpaired) electrons. The molecule has 134 valence electrons. The van der Waals surface area contributed by atoms with E-state index in [9.17, 15) is 18.5 Å². The van der Waals surface area contributed by atoms with Crippen LogP contribution in [-0.4, -0.2) is 45.8 Å². The quantitative estimate of drug-likeness (QED) is 0.409. The Hall–Kier alpha value is -1.55. The van der Waals surface area contributed by atoms with Crippen molar-refractivity contribution in [2.45, 2.75) is 37.2 Å². The van der Waals surface area contributed by atoms with Crippen LogP contribution in [0.25, 0.3) is 0 Å². The molecular formula is C15H22N2O6S. The van der Waals surface area contributed by atoms with Gasteiger partial charge in [0.25, 0.3) is 5.69 Å². The lowest BCUT2D eigenvalue weighted by molar-refractivity contribution is -0.385. The number of nitrogens with zero attached hydrogens (tertiary/aromatic N) is 1. The van der Waals surface area contributed by atoms with Gasteiger partial charge in [0, 0.05) is 31.4 Å². The molecule has 24 heavy (non-hydrogen) atoms. The van der Waals surface area contributed by atoms with Gasteiger partial charge in [0.1, 0.15) is 0 Å². The van der Waals surface area contributed by atoms with Crippen LogP contribution < -0.4 is 4.72 Å². The molecule has 0 bridgehead atoms. The van der Waals surface area contributed by atoms with Crippen LogP contribution in [0.1, 0.15) is 24.8 Å². The van der Waals surface area contributed by atoms with Gasteiger partial charge in [0.15, 0.2) is 0 Å². The average molecular weight is 358 g/mol. The number of rotatable bonds is 9.